The molecule has 0 spiro atoms. The third-order valence-corrected chi connectivity index (χ3v) is 8.03. The van der Waals surface area contributed by atoms with Gasteiger partial charge in [0.2, 0.25) is 15.9 Å². The summed E-state index contributed by atoms with van der Waals surface area (Å²) in [6.07, 6.45) is 3.11. The number of nitrogens with one attached hydrogen (secondary N) is 3. The second-order valence-electron chi connectivity index (χ2n) is 13.9. The number of amides is 2. The van der Waals surface area contributed by atoms with E-state index in [1.54, 1.807) is 47.5 Å². The summed E-state index contributed by atoms with van der Waals surface area (Å²) >= 11 is 0. The van der Waals surface area contributed by atoms with E-state index in [9.17, 15) is 18.0 Å². The zero-order chi connectivity index (χ0) is 35.4. The second kappa shape index (κ2) is 14.4. The first kappa shape index (κ1) is 36.4. The summed E-state index contributed by atoms with van der Waals surface area (Å²) in [5.74, 6) is 0.986. The van der Waals surface area contributed by atoms with Crippen molar-refractivity contribution < 1.29 is 32.2 Å². The first-order chi connectivity index (χ1) is 22.3. The number of hydrogen-bond acceptors (Lipinski definition) is 10. The highest BCUT2D eigenvalue weighted by atomic mass is 32.2. The van der Waals surface area contributed by atoms with E-state index in [4.69, 9.17) is 14.2 Å². The Hall–Kier alpha value is -4.43. The number of methoxy groups -OCH3 is 1. The van der Waals surface area contributed by atoms with E-state index in [-0.39, 0.29) is 29.0 Å². The van der Waals surface area contributed by atoms with Gasteiger partial charge in [-0.15, -0.1) is 0 Å². The van der Waals surface area contributed by atoms with Crippen molar-refractivity contribution in [2.75, 3.05) is 36.5 Å². The molecule has 14 heteroatoms. The van der Waals surface area contributed by atoms with Gasteiger partial charge in [-0.25, -0.2) is 18.2 Å². The van der Waals surface area contributed by atoms with Crippen LogP contribution in [0.4, 0.5) is 16.2 Å². The summed E-state index contributed by atoms with van der Waals surface area (Å²) in [5, 5.41) is 6.28. The fourth-order valence-corrected chi connectivity index (χ4v) is 5.54. The number of aryl methyl sites for hydroxylation is 1. The number of nitrogens with zero attached hydrogens (tertiary/aromatic N) is 3. The summed E-state index contributed by atoms with van der Waals surface area (Å²) < 4.78 is 43.8. The molecule has 0 bridgehead atoms. The van der Waals surface area contributed by atoms with Crippen LogP contribution in [0.25, 0.3) is 0 Å². The van der Waals surface area contributed by atoms with Crippen LogP contribution in [0.1, 0.15) is 75.3 Å². The number of hydrogen-bond donors (Lipinski definition) is 3. The van der Waals surface area contributed by atoms with Crippen LogP contribution in [0.5, 0.6) is 17.4 Å². The van der Waals surface area contributed by atoms with Gasteiger partial charge in [-0.1, -0.05) is 26.8 Å². The van der Waals surface area contributed by atoms with Crippen molar-refractivity contribution in [1.82, 2.24) is 20.2 Å². The number of carbonyl (C=O) groups excluding carboxylic acids is 2. The molecule has 2 heterocycles. The van der Waals surface area contributed by atoms with Gasteiger partial charge in [0.15, 0.2) is 5.75 Å². The lowest BCUT2D eigenvalue weighted by atomic mass is 9.86. The molecular formula is C34H46N6O7S. The SMILES string of the molecule is COc1c(NC(=O)c2ccc(C)c(Oc3ccnc(CNC4CCN(C(=O)OC(C)(C)C)C4)n3)c2)cc(C(C)(C)C)cc1NS(C)(=O)=O. The zero-order valence-corrected chi connectivity index (χ0v) is 29.9. The van der Waals surface area contributed by atoms with Crippen LogP contribution in [0, 0.1) is 6.92 Å². The van der Waals surface area contributed by atoms with Crippen LogP contribution in [-0.4, -0.2) is 73.4 Å². The number of anilines is 2. The van der Waals surface area contributed by atoms with E-state index in [0.29, 0.717) is 48.3 Å². The van der Waals surface area contributed by atoms with E-state index < -0.39 is 21.5 Å². The minimum absolute atomic E-state index is 0.0732. The molecule has 260 valence electrons. The van der Waals surface area contributed by atoms with E-state index in [1.165, 1.54) is 7.11 Å². The van der Waals surface area contributed by atoms with Gasteiger partial charge in [-0.05, 0) is 74.9 Å². The molecular weight excluding hydrogens is 636 g/mol. The van der Waals surface area contributed by atoms with Crippen molar-refractivity contribution in [3.05, 3.63) is 65.1 Å². The summed E-state index contributed by atoms with van der Waals surface area (Å²) in [5.41, 5.74) is 1.52. The lowest BCUT2D eigenvalue weighted by Crippen LogP contribution is -2.38. The minimum Gasteiger partial charge on any atom is -0.492 e. The number of likely N-dealkylation sites (tertiary alicyclic amines) is 1. The number of benzene rings is 2. The standard InChI is InChI=1S/C34H46N6O7S/c1-21-10-11-22(31(41)37-25-17-23(33(2,3)4)18-26(30(25)45-8)39-48(9,43)44)16-27(21)46-29-12-14-35-28(38-29)19-36-24-13-15-40(20-24)32(42)47-34(5,6)7/h10-12,14,16-18,24,36,39H,13,15,19-20H2,1-9H3,(H,37,41). The van der Waals surface area contributed by atoms with Crippen LogP contribution in [0.3, 0.4) is 0 Å². The minimum atomic E-state index is -3.62. The molecule has 1 aliphatic heterocycles. The maximum atomic E-state index is 13.5. The lowest BCUT2D eigenvalue weighted by Gasteiger charge is -2.24. The smallest absolute Gasteiger partial charge is 0.410 e. The van der Waals surface area contributed by atoms with Gasteiger partial charge in [-0.2, -0.15) is 4.98 Å². The predicted molar refractivity (Wildman–Crippen MR) is 184 cm³/mol. The maximum absolute atomic E-state index is 13.5. The monoisotopic (exact) mass is 682 g/mol. The van der Waals surface area contributed by atoms with Gasteiger partial charge >= 0.3 is 6.09 Å². The second-order valence-corrected chi connectivity index (χ2v) is 15.6. The average molecular weight is 683 g/mol. The number of sulfonamides is 1. The molecule has 3 aromatic rings. The van der Waals surface area contributed by atoms with E-state index in [2.05, 4.69) is 25.3 Å². The van der Waals surface area contributed by atoms with Crippen LogP contribution in [0.2, 0.25) is 0 Å². The Morgan fingerprint density at radius 3 is 2.40 bits per heavy atom. The molecule has 2 amide bonds. The molecule has 4 rings (SSSR count). The highest BCUT2D eigenvalue weighted by molar-refractivity contribution is 7.92. The fourth-order valence-electron chi connectivity index (χ4n) is 4.99. The van der Waals surface area contributed by atoms with Gasteiger partial charge in [0.1, 0.15) is 17.2 Å². The van der Waals surface area contributed by atoms with Gasteiger partial charge in [0.05, 0.1) is 31.3 Å². The van der Waals surface area contributed by atoms with Crippen LogP contribution in [-0.2, 0) is 26.7 Å². The van der Waals surface area contributed by atoms with Crippen molar-refractivity contribution in [3.63, 3.8) is 0 Å². The predicted octanol–water partition coefficient (Wildman–Crippen LogP) is 5.61. The quantitative estimate of drug-likeness (QED) is 0.245. The zero-order valence-electron chi connectivity index (χ0n) is 29.1. The molecule has 1 unspecified atom stereocenters. The van der Waals surface area contributed by atoms with Gasteiger partial charge < -0.3 is 29.7 Å². The van der Waals surface area contributed by atoms with Crippen molar-refractivity contribution in [2.45, 2.75) is 78.5 Å². The summed E-state index contributed by atoms with van der Waals surface area (Å²) in [6.45, 7) is 14.9. The van der Waals surface area contributed by atoms with Crippen molar-refractivity contribution in [2.24, 2.45) is 0 Å². The van der Waals surface area contributed by atoms with E-state index >= 15 is 0 Å². The molecule has 48 heavy (non-hydrogen) atoms. The Kier molecular flexibility index (Phi) is 10.9. The summed E-state index contributed by atoms with van der Waals surface area (Å²) in [6, 6.07) is 10.2. The first-order valence-electron chi connectivity index (χ1n) is 15.6. The van der Waals surface area contributed by atoms with Gasteiger partial charge in [0, 0.05) is 37.0 Å². The molecule has 3 N–H and O–H groups in total. The summed E-state index contributed by atoms with van der Waals surface area (Å²) in [7, 11) is -2.22. The number of carbonyl (C=O) groups is 2. The van der Waals surface area contributed by atoms with Crippen molar-refractivity contribution in [3.8, 4) is 17.4 Å². The van der Waals surface area contributed by atoms with Gasteiger partial charge in [0.25, 0.3) is 5.91 Å². The highest BCUT2D eigenvalue weighted by Gasteiger charge is 2.30. The molecule has 1 fully saturated rings. The first-order valence-corrected chi connectivity index (χ1v) is 17.5. The molecule has 0 radical (unpaired) electrons. The summed E-state index contributed by atoms with van der Waals surface area (Å²) in [4.78, 5) is 36.5. The third-order valence-electron chi connectivity index (χ3n) is 7.44. The number of aromatic nitrogens is 2. The Balaban J connectivity index is 1.47. The highest BCUT2D eigenvalue weighted by Crippen LogP contribution is 2.39. The van der Waals surface area contributed by atoms with Crippen LogP contribution in [0.15, 0.2) is 42.6 Å². The Labute approximate surface area is 282 Å². The Morgan fingerprint density at radius 1 is 1.04 bits per heavy atom. The molecule has 1 aromatic heterocycles. The van der Waals surface area contributed by atoms with Crippen molar-refractivity contribution >= 4 is 33.4 Å². The molecule has 0 aliphatic carbocycles. The molecule has 2 aromatic carbocycles. The molecule has 1 aliphatic rings. The molecule has 1 atom stereocenters. The maximum Gasteiger partial charge on any atom is 0.410 e. The van der Waals surface area contributed by atoms with Crippen molar-refractivity contribution in [1.29, 1.82) is 0 Å². The van der Waals surface area contributed by atoms with E-state index in [0.717, 1.165) is 23.8 Å². The van der Waals surface area contributed by atoms with Crippen LogP contribution < -0.4 is 24.8 Å². The molecule has 13 nitrogen and oxygen atoms in total. The fraction of sp³-hybridized carbons (Fsp3) is 0.471. The van der Waals surface area contributed by atoms with E-state index in [1.807, 2.05) is 48.5 Å². The normalized spacial score (nSPS) is 15.2. The Morgan fingerprint density at radius 2 is 1.75 bits per heavy atom. The Bertz CT molecular complexity index is 1770. The van der Waals surface area contributed by atoms with Crippen LogP contribution >= 0.6 is 0 Å². The largest absolute Gasteiger partial charge is 0.492 e. The third kappa shape index (κ3) is 10.0. The molecule has 1 saturated heterocycles. The number of rotatable bonds is 10. The number of ether oxygens (including phenoxy) is 3. The topological polar surface area (TPSA) is 161 Å². The van der Waals surface area contributed by atoms with Gasteiger partial charge in [-0.3, -0.25) is 9.52 Å². The molecule has 0 saturated carbocycles. The average Bonchev–Trinajstić information content (AvgIpc) is 3.45. The lowest BCUT2D eigenvalue weighted by molar-refractivity contribution is 0.0290.